The molecule has 94 heavy (non-hydrogen) atoms. The van der Waals surface area contributed by atoms with Crippen LogP contribution in [0.1, 0.15) is 388 Å². The maximum Gasteiger partial charge on any atom is 0.472 e. The number of carbonyl (C=O) groups is 4. The number of phosphoric ester groups is 2. The van der Waals surface area contributed by atoms with Crippen molar-refractivity contribution in [1.29, 1.82) is 0 Å². The molecule has 3 N–H and O–H groups in total. The van der Waals surface area contributed by atoms with Crippen LogP contribution in [0.15, 0.2) is 0 Å². The molecule has 0 spiro atoms. The van der Waals surface area contributed by atoms with Crippen molar-refractivity contribution < 1.29 is 80.2 Å². The number of hydrogen-bond donors (Lipinski definition) is 3. The third-order valence-electron chi connectivity index (χ3n) is 17.8. The quantitative estimate of drug-likeness (QED) is 0.0222. The number of hydrogen-bond acceptors (Lipinski definition) is 15. The van der Waals surface area contributed by atoms with Crippen LogP contribution in [0.2, 0.25) is 0 Å². The van der Waals surface area contributed by atoms with Crippen LogP contribution in [0.25, 0.3) is 0 Å². The van der Waals surface area contributed by atoms with E-state index in [-0.39, 0.29) is 25.7 Å². The SMILES string of the molecule is CCCCCCCCCCCC(=O)O[C@H](COC(=O)CCCCCCCCCC)COP(=O)(O)OC[C@H](O)COP(=O)(O)OC[C@@H](COC(=O)CCCCCCCCCCCCCCCCC(C)CC)OC(=O)CCCCCCCCCCCCCCCCCCC(C)C. The number of unbranched alkanes of at least 4 members (excludes halogenated alkanes) is 43. The van der Waals surface area contributed by atoms with Crippen molar-refractivity contribution >= 4 is 39.5 Å². The molecule has 0 aliphatic heterocycles. The van der Waals surface area contributed by atoms with Crippen LogP contribution in [0.5, 0.6) is 0 Å². The van der Waals surface area contributed by atoms with Crippen molar-refractivity contribution in [3.8, 4) is 0 Å². The number of ether oxygens (including phenoxy) is 4. The highest BCUT2D eigenvalue weighted by molar-refractivity contribution is 7.47. The van der Waals surface area contributed by atoms with Gasteiger partial charge in [0, 0.05) is 25.7 Å². The molecule has 0 aromatic rings. The fraction of sp³-hybridized carbons (Fsp3) is 0.947. The Hall–Kier alpha value is -1.94. The summed E-state index contributed by atoms with van der Waals surface area (Å²) in [6.07, 6.45) is 54.2. The number of aliphatic hydroxyl groups is 1. The van der Waals surface area contributed by atoms with Crippen LogP contribution >= 0.6 is 15.6 Å². The number of phosphoric acid groups is 2. The van der Waals surface area contributed by atoms with Gasteiger partial charge in [-0.2, -0.15) is 0 Å². The van der Waals surface area contributed by atoms with Crippen LogP contribution in [0.4, 0.5) is 0 Å². The predicted molar refractivity (Wildman–Crippen MR) is 381 cm³/mol. The molecule has 0 radical (unpaired) electrons. The van der Waals surface area contributed by atoms with Gasteiger partial charge in [-0.1, -0.05) is 337 Å². The lowest BCUT2D eigenvalue weighted by molar-refractivity contribution is -0.161. The fourth-order valence-corrected chi connectivity index (χ4v) is 13.0. The van der Waals surface area contributed by atoms with Gasteiger partial charge in [0.15, 0.2) is 12.2 Å². The molecule has 0 aliphatic rings. The van der Waals surface area contributed by atoms with Crippen LogP contribution in [0.3, 0.4) is 0 Å². The monoisotopic (exact) mass is 1380 g/mol. The minimum atomic E-state index is -4.96. The lowest BCUT2D eigenvalue weighted by atomic mass is 9.99. The molecule has 0 rings (SSSR count). The Bertz CT molecular complexity index is 1820. The summed E-state index contributed by atoms with van der Waals surface area (Å²) >= 11 is 0. The Morgan fingerprint density at radius 2 is 0.543 bits per heavy atom. The van der Waals surface area contributed by atoms with Crippen LogP contribution < -0.4 is 0 Å². The van der Waals surface area contributed by atoms with Gasteiger partial charge < -0.3 is 33.8 Å². The molecule has 0 bridgehead atoms. The first kappa shape index (κ1) is 92.1. The summed E-state index contributed by atoms with van der Waals surface area (Å²) in [6, 6.07) is 0. The third-order valence-corrected chi connectivity index (χ3v) is 19.7. The summed E-state index contributed by atoms with van der Waals surface area (Å²) in [5.74, 6) is -0.462. The molecule has 0 fully saturated rings. The van der Waals surface area contributed by atoms with Crippen molar-refractivity contribution in [1.82, 2.24) is 0 Å². The third kappa shape index (κ3) is 67.3. The first-order valence-corrected chi connectivity index (χ1v) is 42.0. The molecular formula is C75H146O17P2. The van der Waals surface area contributed by atoms with E-state index in [1.54, 1.807) is 0 Å². The van der Waals surface area contributed by atoms with Crippen molar-refractivity contribution in [2.75, 3.05) is 39.6 Å². The van der Waals surface area contributed by atoms with E-state index in [0.717, 1.165) is 108 Å². The largest absolute Gasteiger partial charge is 0.472 e. The minimum Gasteiger partial charge on any atom is -0.462 e. The summed E-state index contributed by atoms with van der Waals surface area (Å²) in [5.41, 5.74) is 0. The van der Waals surface area contributed by atoms with Crippen molar-refractivity contribution in [2.45, 2.75) is 407 Å². The molecule has 0 heterocycles. The van der Waals surface area contributed by atoms with E-state index < -0.39 is 97.5 Å². The van der Waals surface area contributed by atoms with Gasteiger partial charge in [-0.25, -0.2) is 9.13 Å². The van der Waals surface area contributed by atoms with Gasteiger partial charge in [-0.15, -0.1) is 0 Å². The first-order valence-electron chi connectivity index (χ1n) is 39.0. The highest BCUT2D eigenvalue weighted by Crippen LogP contribution is 2.45. The van der Waals surface area contributed by atoms with Gasteiger partial charge in [-0.3, -0.25) is 37.3 Å². The summed E-state index contributed by atoms with van der Waals surface area (Å²) in [4.78, 5) is 72.6. The molecule has 19 heteroatoms. The van der Waals surface area contributed by atoms with E-state index in [1.807, 2.05) is 0 Å². The van der Waals surface area contributed by atoms with E-state index in [2.05, 4.69) is 41.5 Å². The maximum absolute atomic E-state index is 13.1. The average molecular weight is 1380 g/mol. The van der Waals surface area contributed by atoms with Gasteiger partial charge in [0.2, 0.25) is 0 Å². The summed E-state index contributed by atoms with van der Waals surface area (Å²) in [5, 5.41) is 10.6. The molecule has 0 aliphatic carbocycles. The zero-order valence-corrected chi connectivity index (χ0v) is 63.1. The molecular weight excluding hydrogens is 1230 g/mol. The molecule has 0 saturated heterocycles. The Morgan fingerprint density at radius 1 is 0.309 bits per heavy atom. The van der Waals surface area contributed by atoms with E-state index in [4.69, 9.17) is 37.0 Å². The second kappa shape index (κ2) is 66.9. The molecule has 558 valence electrons. The fourth-order valence-electron chi connectivity index (χ4n) is 11.4. The summed E-state index contributed by atoms with van der Waals surface area (Å²) in [7, 11) is -9.90. The molecule has 3 unspecified atom stereocenters. The smallest absolute Gasteiger partial charge is 0.462 e. The van der Waals surface area contributed by atoms with Gasteiger partial charge in [0.25, 0.3) is 0 Å². The molecule has 0 amide bonds. The van der Waals surface area contributed by atoms with Gasteiger partial charge in [-0.05, 0) is 37.5 Å². The summed E-state index contributed by atoms with van der Waals surface area (Å²) < 4.78 is 68.3. The Morgan fingerprint density at radius 3 is 0.809 bits per heavy atom. The Labute approximate surface area is 575 Å². The van der Waals surface area contributed by atoms with E-state index >= 15 is 0 Å². The van der Waals surface area contributed by atoms with Crippen LogP contribution in [0, 0.1) is 11.8 Å². The van der Waals surface area contributed by atoms with Crippen molar-refractivity contribution in [3.05, 3.63) is 0 Å². The van der Waals surface area contributed by atoms with Crippen molar-refractivity contribution in [2.24, 2.45) is 11.8 Å². The molecule has 6 atom stereocenters. The van der Waals surface area contributed by atoms with E-state index in [9.17, 15) is 43.2 Å². The zero-order valence-electron chi connectivity index (χ0n) is 61.3. The normalized spacial score (nSPS) is 14.3. The minimum absolute atomic E-state index is 0.106. The first-order chi connectivity index (χ1) is 45.4. The summed E-state index contributed by atoms with van der Waals surface area (Å²) in [6.45, 7) is 9.63. The Balaban J connectivity index is 5.17. The zero-order chi connectivity index (χ0) is 69.3. The van der Waals surface area contributed by atoms with Gasteiger partial charge >= 0.3 is 39.5 Å². The number of rotatable bonds is 74. The second-order valence-corrected chi connectivity index (χ2v) is 30.7. The maximum atomic E-state index is 13.1. The van der Waals surface area contributed by atoms with E-state index in [1.165, 1.54) is 199 Å². The molecule has 0 aromatic carbocycles. The van der Waals surface area contributed by atoms with Crippen LogP contribution in [-0.2, 0) is 65.4 Å². The average Bonchev–Trinajstić information content (AvgIpc) is 1.36. The van der Waals surface area contributed by atoms with Crippen molar-refractivity contribution in [3.63, 3.8) is 0 Å². The number of carbonyl (C=O) groups excluding carboxylic acids is 4. The second-order valence-electron chi connectivity index (χ2n) is 27.8. The molecule has 17 nitrogen and oxygen atoms in total. The predicted octanol–water partition coefficient (Wildman–Crippen LogP) is 21.9. The van der Waals surface area contributed by atoms with Gasteiger partial charge in [0.1, 0.15) is 19.3 Å². The molecule has 0 aromatic heterocycles. The number of aliphatic hydroxyl groups excluding tert-OH is 1. The number of esters is 4. The van der Waals surface area contributed by atoms with Crippen LogP contribution in [-0.4, -0.2) is 96.7 Å². The highest BCUT2D eigenvalue weighted by Gasteiger charge is 2.30. The standard InChI is InChI=1S/C75H146O17P2/c1-7-10-12-14-16-32-41-47-53-59-74(79)91-70(63-85-72(77)57-51-45-39-17-15-13-11-8-2)65-89-93(81,82)87-61-69(76)62-88-94(83,84)90-66-71(64-86-73(78)58-52-46-40-35-30-26-23-22-25-29-34-38-44-50-56-68(6)9-3)92-75(80)60-54-48-42-36-31-27-21-19-18-20-24-28-33-37-43-49-55-67(4)5/h67-71,76H,7-66H2,1-6H3,(H,81,82)(H,83,84)/t68?,69-,70+,71+/m0/s1. The lowest BCUT2D eigenvalue weighted by Crippen LogP contribution is -2.30. The highest BCUT2D eigenvalue weighted by atomic mass is 31.2. The van der Waals surface area contributed by atoms with Gasteiger partial charge in [0.05, 0.1) is 26.4 Å². The van der Waals surface area contributed by atoms with E-state index in [0.29, 0.717) is 25.7 Å². The topological polar surface area (TPSA) is 237 Å². The Kier molecular flexibility index (Phi) is 65.5. The molecule has 0 saturated carbocycles. The lowest BCUT2D eigenvalue weighted by Gasteiger charge is -2.21.